The predicted molar refractivity (Wildman–Crippen MR) is 101 cm³/mol. The van der Waals surface area contributed by atoms with E-state index in [0.717, 1.165) is 25.9 Å². The van der Waals surface area contributed by atoms with Crippen molar-refractivity contribution in [2.75, 3.05) is 39.2 Å². The first kappa shape index (κ1) is 20.0. The summed E-state index contributed by atoms with van der Waals surface area (Å²) in [4.78, 5) is 24.2. The fourth-order valence-corrected chi connectivity index (χ4v) is 3.21. The van der Waals surface area contributed by atoms with Gasteiger partial charge < -0.3 is 25.4 Å². The topological polar surface area (TPSA) is 88.7 Å². The molecule has 0 saturated carbocycles. The van der Waals surface area contributed by atoms with E-state index in [1.54, 1.807) is 32.4 Å². The van der Waals surface area contributed by atoms with E-state index in [1.807, 2.05) is 0 Å². The summed E-state index contributed by atoms with van der Waals surface area (Å²) in [5.74, 6) is 1.68. The number of anilines is 1. The molecule has 1 aromatic carbocycles. The molecule has 3 N–H and O–H groups in total. The van der Waals surface area contributed by atoms with Gasteiger partial charge in [0.25, 0.3) is 0 Å². The number of amides is 2. The molecule has 1 aliphatic rings. The lowest BCUT2D eigenvalue weighted by Gasteiger charge is -2.27. The van der Waals surface area contributed by atoms with Crippen molar-refractivity contribution >= 4 is 17.5 Å². The van der Waals surface area contributed by atoms with Crippen molar-refractivity contribution in [3.05, 3.63) is 18.2 Å². The van der Waals surface area contributed by atoms with E-state index >= 15 is 0 Å². The summed E-state index contributed by atoms with van der Waals surface area (Å²) in [5, 5.41) is 8.77. The van der Waals surface area contributed by atoms with Crippen LogP contribution in [-0.2, 0) is 9.59 Å². The number of ether oxygens (including phenoxy) is 2. The molecule has 1 saturated heterocycles. The van der Waals surface area contributed by atoms with Crippen LogP contribution in [0, 0.1) is 11.8 Å². The standard InChI is InChI=1S/C19H29N3O4/c1-13(14-4-6-20-7-5-14)8-18(23)21-12-19(24)22-15-9-16(25-2)11-17(10-15)26-3/h9-11,13-14,20H,4-8,12H2,1-3H3,(H,21,23)(H,22,24). The average Bonchev–Trinajstić information content (AvgIpc) is 2.66. The van der Waals surface area contributed by atoms with Crippen LogP contribution in [0.5, 0.6) is 11.5 Å². The quantitative estimate of drug-likeness (QED) is 0.655. The third kappa shape index (κ3) is 6.22. The zero-order chi connectivity index (χ0) is 18.9. The third-order valence-corrected chi connectivity index (χ3v) is 4.78. The van der Waals surface area contributed by atoms with Crippen molar-refractivity contribution in [2.45, 2.75) is 26.2 Å². The number of carbonyl (C=O) groups excluding carboxylic acids is 2. The minimum absolute atomic E-state index is 0.0582. The van der Waals surface area contributed by atoms with Gasteiger partial charge in [0.1, 0.15) is 11.5 Å². The lowest BCUT2D eigenvalue weighted by atomic mass is 9.84. The first-order valence-corrected chi connectivity index (χ1v) is 9.02. The number of hydrogen-bond acceptors (Lipinski definition) is 5. The summed E-state index contributed by atoms with van der Waals surface area (Å²) in [5.41, 5.74) is 0.559. The fraction of sp³-hybridized carbons (Fsp3) is 0.579. The van der Waals surface area contributed by atoms with Gasteiger partial charge in [-0.25, -0.2) is 0 Å². The van der Waals surface area contributed by atoms with Crippen molar-refractivity contribution in [3.8, 4) is 11.5 Å². The van der Waals surface area contributed by atoms with Crippen molar-refractivity contribution in [2.24, 2.45) is 11.8 Å². The molecule has 1 aliphatic heterocycles. The van der Waals surface area contributed by atoms with Crippen molar-refractivity contribution in [1.29, 1.82) is 0 Å². The summed E-state index contributed by atoms with van der Waals surface area (Å²) in [6.45, 7) is 4.08. The number of nitrogens with one attached hydrogen (secondary N) is 3. The second kappa shape index (κ2) is 10.0. The molecule has 2 rings (SSSR count). The van der Waals surface area contributed by atoms with Gasteiger partial charge in [-0.15, -0.1) is 0 Å². The van der Waals surface area contributed by atoms with E-state index in [1.165, 1.54) is 0 Å². The lowest BCUT2D eigenvalue weighted by molar-refractivity contribution is -0.125. The van der Waals surface area contributed by atoms with Crippen LogP contribution in [0.15, 0.2) is 18.2 Å². The van der Waals surface area contributed by atoms with E-state index < -0.39 is 0 Å². The van der Waals surface area contributed by atoms with Crippen molar-refractivity contribution < 1.29 is 19.1 Å². The van der Waals surface area contributed by atoms with E-state index in [0.29, 0.717) is 35.4 Å². The number of benzene rings is 1. The van der Waals surface area contributed by atoms with E-state index in [-0.39, 0.29) is 18.4 Å². The summed E-state index contributed by atoms with van der Waals surface area (Å²) in [6, 6.07) is 5.11. The van der Waals surface area contributed by atoms with Crippen LogP contribution < -0.4 is 25.4 Å². The molecule has 0 aliphatic carbocycles. The molecule has 1 unspecified atom stereocenters. The monoisotopic (exact) mass is 363 g/mol. The maximum atomic E-state index is 12.1. The number of rotatable bonds is 8. The number of piperidine rings is 1. The summed E-state index contributed by atoms with van der Waals surface area (Å²) in [7, 11) is 3.09. The van der Waals surface area contributed by atoms with Crippen LogP contribution in [-0.4, -0.2) is 45.7 Å². The Kier molecular flexibility index (Phi) is 7.72. The molecule has 7 heteroatoms. The SMILES string of the molecule is COc1cc(NC(=O)CNC(=O)CC(C)C2CCNCC2)cc(OC)c1. The lowest BCUT2D eigenvalue weighted by Crippen LogP contribution is -2.36. The van der Waals surface area contributed by atoms with Crippen LogP contribution in [0.25, 0.3) is 0 Å². The van der Waals surface area contributed by atoms with Gasteiger partial charge in [-0.1, -0.05) is 6.92 Å². The Bertz CT molecular complexity index is 593. The maximum absolute atomic E-state index is 12.1. The van der Waals surface area contributed by atoms with Crippen molar-refractivity contribution in [1.82, 2.24) is 10.6 Å². The molecule has 1 atom stereocenters. The minimum Gasteiger partial charge on any atom is -0.497 e. The second-order valence-corrected chi connectivity index (χ2v) is 6.70. The molecule has 1 heterocycles. The Hall–Kier alpha value is -2.28. The normalized spacial score (nSPS) is 15.8. The summed E-state index contributed by atoms with van der Waals surface area (Å²) >= 11 is 0. The largest absolute Gasteiger partial charge is 0.497 e. The van der Waals surface area contributed by atoms with Gasteiger partial charge in [0.2, 0.25) is 11.8 Å². The highest BCUT2D eigenvalue weighted by Gasteiger charge is 2.22. The molecule has 0 radical (unpaired) electrons. The molecular weight excluding hydrogens is 334 g/mol. The molecule has 0 aromatic heterocycles. The molecule has 144 valence electrons. The molecule has 1 fully saturated rings. The second-order valence-electron chi connectivity index (χ2n) is 6.70. The zero-order valence-corrected chi connectivity index (χ0v) is 15.8. The van der Waals surface area contributed by atoms with Gasteiger partial charge in [-0.05, 0) is 37.8 Å². The van der Waals surface area contributed by atoms with Gasteiger partial charge in [-0.3, -0.25) is 9.59 Å². The first-order valence-electron chi connectivity index (χ1n) is 9.02. The van der Waals surface area contributed by atoms with Crippen molar-refractivity contribution in [3.63, 3.8) is 0 Å². The fourth-order valence-electron chi connectivity index (χ4n) is 3.21. The molecule has 1 aromatic rings. The minimum atomic E-state index is -0.289. The molecule has 0 bridgehead atoms. The van der Waals surface area contributed by atoms with Gasteiger partial charge in [-0.2, -0.15) is 0 Å². The highest BCUT2D eigenvalue weighted by molar-refractivity contribution is 5.94. The third-order valence-electron chi connectivity index (χ3n) is 4.78. The molecule has 7 nitrogen and oxygen atoms in total. The average molecular weight is 363 g/mol. The highest BCUT2D eigenvalue weighted by Crippen LogP contribution is 2.26. The summed E-state index contributed by atoms with van der Waals surface area (Å²) < 4.78 is 10.3. The van der Waals surface area contributed by atoms with Crippen LogP contribution in [0.4, 0.5) is 5.69 Å². The van der Waals surface area contributed by atoms with E-state index in [9.17, 15) is 9.59 Å². The molecule has 2 amide bonds. The Morgan fingerprint density at radius 1 is 1.12 bits per heavy atom. The zero-order valence-electron chi connectivity index (χ0n) is 15.8. The predicted octanol–water partition coefficient (Wildman–Crippen LogP) is 1.78. The van der Waals surface area contributed by atoms with Crippen LogP contribution in [0.1, 0.15) is 26.2 Å². The van der Waals surface area contributed by atoms with Gasteiger partial charge in [0.05, 0.1) is 20.8 Å². The van der Waals surface area contributed by atoms with E-state index in [4.69, 9.17) is 9.47 Å². The van der Waals surface area contributed by atoms with Gasteiger partial charge >= 0.3 is 0 Å². The Morgan fingerprint density at radius 2 is 1.73 bits per heavy atom. The Labute approximate surface area is 154 Å². The Morgan fingerprint density at radius 3 is 2.31 bits per heavy atom. The summed E-state index contributed by atoms with van der Waals surface area (Å²) in [6.07, 6.45) is 2.66. The first-order chi connectivity index (χ1) is 12.5. The number of carbonyl (C=O) groups is 2. The smallest absolute Gasteiger partial charge is 0.243 e. The molecule has 26 heavy (non-hydrogen) atoms. The Balaban J connectivity index is 1.78. The highest BCUT2D eigenvalue weighted by atomic mass is 16.5. The molecule has 0 spiro atoms. The van der Waals surface area contributed by atoms with Crippen LogP contribution in [0.2, 0.25) is 0 Å². The van der Waals surface area contributed by atoms with Gasteiger partial charge in [0, 0.05) is 30.3 Å². The number of methoxy groups -OCH3 is 2. The van der Waals surface area contributed by atoms with E-state index in [2.05, 4.69) is 22.9 Å². The van der Waals surface area contributed by atoms with Crippen LogP contribution >= 0.6 is 0 Å². The number of hydrogen-bond donors (Lipinski definition) is 3. The van der Waals surface area contributed by atoms with Gasteiger partial charge in [0.15, 0.2) is 0 Å². The maximum Gasteiger partial charge on any atom is 0.243 e. The van der Waals surface area contributed by atoms with Crippen LogP contribution in [0.3, 0.4) is 0 Å². The molecular formula is C19H29N3O4.